The van der Waals surface area contributed by atoms with Gasteiger partial charge in [0.15, 0.2) is 11.6 Å². The van der Waals surface area contributed by atoms with Crippen LogP contribution in [0.1, 0.15) is 21.8 Å². The molecule has 0 aliphatic heterocycles. The van der Waals surface area contributed by atoms with Gasteiger partial charge in [0.25, 0.3) is 5.91 Å². The summed E-state index contributed by atoms with van der Waals surface area (Å²) < 4.78 is 9.41. The molecule has 2 aromatic heterocycles. The fourth-order valence-electron chi connectivity index (χ4n) is 3.00. The van der Waals surface area contributed by atoms with Gasteiger partial charge in [-0.25, -0.2) is 0 Å². The van der Waals surface area contributed by atoms with Crippen molar-refractivity contribution in [3.8, 4) is 0 Å². The van der Waals surface area contributed by atoms with Crippen LogP contribution in [0.4, 0.5) is 23.0 Å². The zero-order chi connectivity index (χ0) is 23.2. The number of nitrogens with zero attached hydrogens (tertiary/aromatic N) is 2. The first-order valence-electron chi connectivity index (χ1n) is 9.69. The Kier molecular flexibility index (Phi) is 6.12. The van der Waals surface area contributed by atoms with Crippen LogP contribution in [-0.4, -0.2) is 28.0 Å². The van der Waals surface area contributed by atoms with Gasteiger partial charge in [-0.2, -0.15) is 0 Å². The lowest BCUT2D eigenvalue weighted by molar-refractivity contribution is -0.126. The molecule has 33 heavy (non-hydrogen) atoms. The zero-order valence-corrected chi connectivity index (χ0v) is 17.0. The number of nitrogens with one attached hydrogen (secondary N) is 3. The topological polar surface area (TPSA) is 165 Å². The third kappa shape index (κ3) is 5.05. The molecular formula is C22H18N6O5. The molecule has 0 bridgehead atoms. The van der Waals surface area contributed by atoms with E-state index in [0.717, 1.165) is 0 Å². The first-order chi connectivity index (χ1) is 16.0. The van der Waals surface area contributed by atoms with E-state index in [4.69, 9.17) is 14.8 Å². The number of carbonyl (C=O) groups excluding carboxylic acids is 3. The van der Waals surface area contributed by atoms with Crippen molar-refractivity contribution < 1.29 is 23.4 Å². The molecule has 2 aromatic carbocycles. The number of carbonyl (C=O) groups is 3. The van der Waals surface area contributed by atoms with Gasteiger partial charge >= 0.3 is 0 Å². The molecule has 5 N–H and O–H groups in total. The Morgan fingerprint density at radius 1 is 0.758 bits per heavy atom. The van der Waals surface area contributed by atoms with E-state index >= 15 is 0 Å². The standard InChI is InChI=1S/C22H18N6O5/c23-15-3-1-2-4-16(15)24-20(29)14-7-5-13(6-8-14)19(21(30)25-17-9-11-32-27-17)22(31)26-18-10-12-33-28-18/h1-12,19H,23H2,(H,24,29)(H,25,27,30)(H,26,28,31). The monoisotopic (exact) mass is 446 g/mol. The molecule has 11 heteroatoms. The van der Waals surface area contributed by atoms with Gasteiger partial charge in [-0.3, -0.25) is 14.4 Å². The molecule has 0 atom stereocenters. The third-order valence-electron chi connectivity index (χ3n) is 4.62. The number of amides is 3. The van der Waals surface area contributed by atoms with Crippen molar-refractivity contribution in [1.29, 1.82) is 0 Å². The summed E-state index contributed by atoms with van der Waals surface area (Å²) in [6, 6.07) is 15.8. The van der Waals surface area contributed by atoms with Gasteiger partial charge in [0, 0.05) is 17.7 Å². The number of aromatic nitrogens is 2. The van der Waals surface area contributed by atoms with Crippen LogP contribution in [0.25, 0.3) is 0 Å². The van der Waals surface area contributed by atoms with Crippen LogP contribution >= 0.6 is 0 Å². The Morgan fingerprint density at radius 3 is 1.85 bits per heavy atom. The highest BCUT2D eigenvalue weighted by atomic mass is 16.5. The number of hydrogen-bond acceptors (Lipinski definition) is 8. The van der Waals surface area contributed by atoms with E-state index in [1.54, 1.807) is 24.3 Å². The summed E-state index contributed by atoms with van der Waals surface area (Å²) in [5.41, 5.74) is 7.42. The number of nitrogen functional groups attached to an aromatic ring is 1. The van der Waals surface area contributed by atoms with Crippen molar-refractivity contribution in [1.82, 2.24) is 10.3 Å². The first kappa shape index (κ1) is 21.3. The van der Waals surface area contributed by atoms with Gasteiger partial charge in [-0.05, 0) is 29.8 Å². The summed E-state index contributed by atoms with van der Waals surface area (Å²) in [5.74, 6) is -2.68. The molecule has 4 aromatic rings. The quantitative estimate of drug-likeness (QED) is 0.248. The van der Waals surface area contributed by atoms with E-state index < -0.39 is 23.6 Å². The molecule has 2 heterocycles. The summed E-state index contributed by atoms with van der Waals surface area (Å²) in [6.45, 7) is 0. The summed E-state index contributed by atoms with van der Waals surface area (Å²) in [4.78, 5) is 38.4. The van der Waals surface area contributed by atoms with Crippen LogP contribution in [0.5, 0.6) is 0 Å². The van der Waals surface area contributed by atoms with Crippen molar-refractivity contribution in [2.45, 2.75) is 5.92 Å². The maximum Gasteiger partial charge on any atom is 0.255 e. The average molecular weight is 446 g/mol. The van der Waals surface area contributed by atoms with Gasteiger partial charge in [0.05, 0.1) is 11.4 Å². The van der Waals surface area contributed by atoms with Crippen LogP contribution in [0.3, 0.4) is 0 Å². The van der Waals surface area contributed by atoms with E-state index in [2.05, 4.69) is 26.3 Å². The largest absolute Gasteiger partial charge is 0.397 e. The second-order valence-electron chi connectivity index (χ2n) is 6.84. The molecule has 0 saturated heterocycles. The minimum absolute atomic E-state index is 0.149. The van der Waals surface area contributed by atoms with Crippen LogP contribution in [-0.2, 0) is 9.59 Å². The molecule has 0 unspecified atom stereocenters. The Morgan fingerprint density at radius 2 is 1.33 bits per heavy atom. The van der Waals surface area contributed by atoms with Crippen LogP contribution in [0.15, 0.2) is 82.2 Å². The lowest BCUT2D eigenvalue weighted by Crippen LogP contribution is -2.32. The number of benzene rings is 2. The first-order valence-corrected chi connectivity index (χ1v) is 9.69. The van der Waals surface area contributed by atoms with Crippen LogP contribution < -0.4 is 21.7 Å². The summed E-state index contributed by atoms with van der Waals surface area (Å²) >= 11 is 0. The Balaban J connectivity index is 1.55. The zero-order valence-electron chi connectivity index (χ0n) is 17.0. The summed E-state index contributed by atoms with van der Waals surface area (Å²) in [5, 5.41) is 15.0. The van der Waals surface area contributed by atoms with Gasteiger partial charge in [0.1, 0.15) is 18.4 Å². The molecule has 0 radical (unpaired) electrons. The normalized spacial score (nSPS) is 10.6. The molecule has 0 aliphatic rings. The predicted octanol–water partition coefficient (Wildman–Crippen LogP) is 2.86. The van der Waals surface area contributed by atoms with Gasteiger partial charge in [-0.15, -0.1) is 0 Å². The number of rotatable bonds is 7. The van der Waals surface area contributed by atoms with Gasteiger partial charge in [0.2, 0.25) is 11.8 Å². The van der Waals surface area contributed by atoms with E-state index in [0.29, 0.717) is 22.5 Å². The smallest absolute Gasteiger partial charge is 0.255 e. The second kappa shape index (κ2) is 9.47. The lowest BCUT2D eigenvalue weighted by atomic mass is 9.95. The predicted molar refractivity (Wildman–Crippen MR) is 118 cm³/mol. The Bertz CT molecular complexity index is 1200. The van der Waals surface area contributed by atoms with Crippen molar-refractivity contribution in [3.63, 3.8) is 0 Å². The fraction of sp³-hybridized carbons (Fsp3) is 0.0455. The molecule has 3 amide bonds. The highest BCUT2D eigenvalue weighted by molar-refractivity contribution is 6.14. The average Bonchev–Trinajstić information content (AvgIpc) is 3.50. The van der Waals surface area contributed by atoms with E-state index in [1.807, 2.05) is 0 Å². The number of hydrogen-bond donors (Lipinski definition) is 4. The lowest BCUT2D eigenvalue weighted by Gasteiger charge is -2.16. The molecule has 0 aliphatic carbocycles. The maximum absolute atomic E-state index is 12.9. The fourth-order valence-corrected chi connectivity index (χ4v) is 3.00. The van der Waals surface area contributed by atoms with E-state index in [9.17, 15) is 14.4 Å². The van der Waals surface area contributed by atoms with Crippen molar-refractivity contribution in [3.05, 3.63) is 84.3 Å². The van der Waals surface area contributed by atoms with E-state index in [-0.39, 0.29) is 11.6 Å². The molecule has 0 saturated carbocycles. The Hall–Kier alpha value is -4.93. The maximum atomic E-state index is 12.9. The SMILES string of the molecule is Nc1ccccc1NC(=O)c1ccc(C(C(=O)Nc2ccon2)C(=O)Nc2ccon2)cc1. The minimum Gasteiger partial charge on any atom is -0.397 e. The second-order valence-corrected chi connectivity index (χ2v) is 6.84. The molecule has 4 rings (SSSR count). The van der Waals surface area contributed by atoms with Crippen LogP contribution in [0.2, 0.25) is 0 Å². The van der Waals surface area contributed by atoms with E-state index in [1.165, 1.54) is 48.9 Å². The van der Waals surface area contributed by atoms with Gasteiger partial charge in [-0.1, -0.05) is 34.6 Å². The number of anilines is 4. The molecule has 11 nitrogen and oxygen atoms in total. The molecule has 166 valence electrons. The highest BCUT2D eigenvalue weighted by Crippen LogP contribution is 2.22. The summed E-state index contributed by atoms with van der Waals surface area (Å²) in [7, 11) is 0. The van der Waals surface area contributed by atoms with Gasteiger partial charge < -0.3 is 30.7 Å². The molecule has 0 spiro atoms. The summed E-state index contributed by atoms with van der Waals surface area (Å²) in [6.07, 6.45) is 2.57. The van der Waals surface area contributed by atoms with Crippen molar-refractivity contribution in [2.24, 2.45) is 0 Å². The third-order valence-corrected chi connectivity index (χ3v) is 4.62. The number of nitrogens with two attached hydrogens (primary N) is 1. The van der Waals surface area contributed by atoms with Crippen molar-refractivity contribution >= 4 is 40.7 Å². The molecular weight excluding hydrogens is 428 g/mol. The molecule has 0 fully saturated rings. The minimum atomic E-state index is -1.28. The Labute approximate surface area is 186 Å². The highest BCUT2D eigenvalue weighted by Gasteiger charge is 2.30. The van der Waals surface area contributed by atoms with Crippen LogP contribution in [0, 0.1) is 0 Å². The van der Waals surface area contributed by atoms with Crippen molar-refractivity contribution in [2.75, 3.05) is 21.7 Å². The number of para-hydroxylation sites is 2.